The lowest BCUT2D eigenvalue weighted by Crippen LogP contribution is -2.02. The summed E-state index contributed by atoms with van der Waals surface area (Å²) in [6, 6.07) is 4.10. The van der Waals surface area contributed by atoms with Crippen LogP contribution in [0.2, 0.25) is 0 Å². The Morgan fingerprint density at radius 2 is 2.14 bits per heavy atom. The molecule has 1 rings (SSSR count). The Morgan fingerprint density at radius 3 is 2.71 bits per heavy atom. The van der Waals surface area contributed by atoms with Crippen LogP contribution in [0.1, 0.15) is 43.4 Å². The Balaban J connectivity index is 2.90. The average molecular weight is 189 g/mol. The number of hydrogen-bond donors (Lipinski definition) is 0. The summed E-state index contributed by atoms with van der Waals surface area (Å²) in [4.78, 5) is 8.70. The molecule has 0 bridgehead atoms. The highest BCUT2D eigenvalue weighted by atomic mass is 14.9. The first-order chi connectivity index (χ1) is 6.63. The Bertz CT molecular complexity index is 350. The van der Waals surface area contributed by atoms with E-state index >= 15 is 0 Å². The molecule has 0 fully saturated rings. The molecule has 3 heteroatoms. The van der Waals surface area contributed by atoms with Gasteiger partial charge in [-0.15, -0.1) is 0 Å². The molecule has 0 saturated heterocycles. The number of nitrogens with zero attached hydrogens (tertiary/aromatic N) is 3. The largest absolute Gasteiger partial charge is 0.238 e. The molecular weight excluding hydrogens is 174 g/mol. The van der Waals surface area contributed by atoms with Crippen LogP contribution < -0.4 is 0 Å². The minimum atomic E-state index is 0.414. The fourth-order valence-corrected chi connectivity index (χ4v) is 1.23. The van der Waals surface area contributed by atoms with Crippen LogP contribution in [0.25, 0.3) is 0 Å². The first-order valence-electron chi connectivity index (χ1n) is 4.85. The SMILES string of the molecule is Cc1cc(C(C)C)nc(CCC#N)n1. The predicted octanol–water partition coefficient (Wildman–Crippen LogP) is 2.36. The van der Waals surface area contributed by atoms with Crippen molar-refractivity contribution in [2.24, 2.45) is 0 Å². The lowest BCUT2D eigenvalue weighted by atomic mass is 10.1. The molecule has 0 aliphatic heterocycles. The minimum absolute atomic E-state index is 0.414. The fourth-order valence-electron chi connectivity index (χ4n) is 1.23. The van der Waals surface area contributed by atoms with Gasteiger partial charge in [-0.3, -0.25) is 0 Å². The molecule has 0 atom stereocenters. The quantitative estimate of drug-likeness (QED) is 0.733. The van der Waals surface area contributed by atoms with E-state index in [1.807, 2.05) is 13.0 Å². The zero-order chi connectivity index (χ0) is 10.6. The van der Waals surface area contributed by atoms with E-state index in [9.17, 15) is 0 Å². The molecule has 1 heterocycles. The Morgan fingerprint density at radius 1 is 1.43 bits per heavy atom. The first-order valence-corrected chi connectivity index (χ1v) is 4.85. The third-order valence-corrected chi connectivity index (χ3v) is 1.97. The van der Waals surface area contributed by atoms with E-state index < -0.39 is 0 Å². The van der Waals surface area contributed by atoms with Gasteiger partial charge in [-0.25, -0.2) is 9.97 Å². The van der Waals surface area contributed by atoms with Crippen molar-refractivity contribution in [2.45, 2.75) is 39.5 Å². The van der Waals surface area contributed by atoms with Crippen molar-refractivity contribution < 1.29 is 0 Å². The van der Waals surface area contributed by atoms with Gasteiger partial charge >= 0.3 is 0 Å². The average Bonchev–Trinajstić information content (AvgIpc) is 2.14. The molecule has 1 aromatic rings. The number of hydrogen-bond acceptors (Lipinski definition) is 3. The van der Waals surface area contributed by atoms with E-state index in [0.29, 0.717) is 18.8 Å². The molecule has 74 valence electrons. The summed E-state index contributed by atoms with van der Waals surface area (Å²) in [7, 11) is 0. The first kappa shape index (κ1) is 10.6. The maximum absolute atomic E-state index is 8.47. The Labute approximate surface area is 84.8 Å². The standard InChI is InChI=1S/C11H15N3/c1-8(2)10-7-9(3)13-11(14-10)5-4-6-12/h7-8H,4-5H2,1-3H3. The second-order valence-corrected chi connectivity index (χ2v) is 3.66. The van der Waals surface area contributed by atoms with E-state index in [-0.39, 0.29) is 0 Å². The van der Waals surface area contributed by atoms with E-state index in [1.54, 1.807) is 0 Å². The van der Waals surface area contributed by atoms with Crippen molar-refractivity contribution in [3.8, 4) is 6.07 Å². The number of aryl methyl sites for hydroxylation is 2. The van der Waals surface area contributed by atoms with Crippen LogP contribution in [-0.4, -0.2) is 9.97 Å². The zero-order valence-corrected chi connectivity index (χ0v) is 8.91. The van der Waals surface area contributed by atoms with Crippen molar-refractivity contribution in [1.82, 2.24) is 9.97 Å². The van der Waals surface area contributed by atoms with Crippen LogP contribution in [0.4, 0.5) is 0 Å². The molecule has 0 saturated carbocycles. The van der Waals surface area contributed by atoms with E-state index in [1.165, 1.54) is 0 Å². The Kier molecular flexibility index (Phi) is 3.58. The van der Waals surface area contributed by atoms with Crippen LogP contribution in [0.3, 0.4) is 0 Å². The van der Waals surface area contributed by atoms with Crippen molar-refractivity contribution in [1.29, 1.82) is 5.26 Å². The lowest BCUT2D eigenvalue weighted by molar-refractivity contribution is 0.769. The van der Waals surface area contributed by atoms with E-state index in [2.05, 4.69) is 29.9 Å². The van der Waals surface area contributed by atoms with Gasteiger partial charge in [0.1, 0.15) is 5.82 Å². The van der Waals surface area contributed by atoms with Crippen LogP contribution in [0.5, 0.6) is 0 Å². The monoisotopic (exact) mass is 189 g/mol. The second kappa shape index (κ2) is 4.71. The molecule has 0 spiro atoms. The molecule has 3 nitrogen and oxygen atoms in total. The summed E-state index contributed by atoms with van der Waals surface area (Å²) in [6.45, 7) is 6.18. The zero-order valence-electron chi connectivity index (χ0n) is 8.91. The van der Waals surface area contributed by atoms with Gasteiger partial charge in [0.05, 0.1) is 6.07 Å². The highest BCUT2D eigenvalue weighted by molar-refractivity contribution is 5.13. The summed E-state index contributed by atoms with van der Waals surface area (Å²) in [5, 5.41) is 8.47. The van der Waals surface area contributed by atoms with Gasteiger partial charge in [-0.2, -0.15) is 5.26 Å². The highest BCUT2D eigenvalue weighted by Gasteiger charge is 2.05. The highest BCUT2D eigenvalue weighted by Crippen LogP contribution is 2.12. The normalized spacial score (nSPS) is 10.2. The third-order valence-electron chi connectivity index (χ3n) is 1.97. The Hall–Kier alpha value is -1.43. The fraction of sp³-hybridized carbons (Fsp3) is 0.545. The van der Waals surface area contributed by atoms with Gasteiger partial charge in [-0.05, 0) is 18.9 Å². The molecule has 1 aromatic heterocycles. The molecular formula is C11H15N3. The van der Waals surface area contributed by atoms with Crippen molar-refractivity contribution in [3.63, 3.8) is 0 Å². The third kappa shape index (κ3) is 2.81. The topological polar surface area (TPSA) is 49.6 Å². The van der Waals surface area contributed by atoms with Crippen LogP contribution in [0, 0.1) is 18.3 Å². The molecule has 0 N–H and O–H groups in total. The van der Waals surface area contributed by atoms with Gasteiger partial charge in [-0.1, -0.05) is 13.8 Å². The number of nitriles is 1. The van der Waals surface area contributed by atoms with Crippen LogP contribution in [0.15, 0.2) is 6.07 Å². The molecule has 14 heavy (non-hydrogen) atoms. The van der Waals surface area contributed by atoms with E-state index in [0.717, 1.165) is 17.2 Å². The molecule has 0 aliphatic rings. The predicted molar refractivity (Wildman–Crippen MR) is 54.8 cm³/mol. The van der Waals surface area contributed by atoms with Crippen molar-refractivity contribution >= 4 is 0 Å². The molecule has 0 aliphatic carbocycles. The van der Waals surface area contributed by atoms with E-state index in [4.69, 9.17) is 5.26 Å². The maximum atomic E-state index is 8.47. The molecule has 0 unspecified atom stereocenters. The lowest BCUT2D eigenvalue weighted by Gasteiger charge is -2.07. The van der Waals surface area contributed by atoms with Gasteiger partial charge in [0.25, 0.3) is 0 Å². The minimum Gasteiger partial charge on any atom is -0.238 e. The number of aromatic nitrogens is 2. The maximum Gasteiger partial charge on any atom is 0.129 e. The van der Waals surface area contributed by atoms with Crippen LogP contribution in [-0.2, 0) is 6.42 Å². The molecule has 0 radical (unpaired) electrons. The van der Waals surface area contributed by atoms with Gasteiger partial charge in [0.2, 0.25) is 0 Å². The second-order valence-electron chi connectivity index (χ2n) is 3.66. The van der Waals surface area contributed by atoms with Crippen molar-refractivity contribution in [2.75, 3.05) is 0 Å². The summed E-state index contributed by atoms with van der Waals surface area (Å²) in [6.07, 6.45) is 1.14. The van der Waals surface area contributed by atoms with Crippen molar-refractivity contribution in [3.05, 3.63) is 23.3 Å². The smallest absolute Gasteiger partial charge is 0.129 e. The summed E-state index contributed by atoms with van der Waals surface area (Å²) < 4.78 is 0. The van der Waals surface area contributed by atoms with Gasteiger partial charge < -0.3 is 0 Å². The van der Waals surface area contributed by atoms with Crippen LogP contribution >= 0.6 is 0 Å². The number of rotatable bonds is 3. The summed E-state index contributed by atoms with van der Waals surface area (Å²) >= 11 is 0. The summed E-state index contributed by atoms with van der Waals surface area (Å²) in [5.74, 6) is 1.20. The molecule has 0 aromatic carbocycles. The summed E-state index contributed by atoms with van der Waals surface area (Å²) in [5.41, 5.74) is 2.04. The molecule has 0 amide bonds. The van der Waals surface area contributed by atoms with Gasteiger partial charge in [0, 0.05) is 24.2 Å². The van der Waals surface area contributed by atoms with Gasteiger partial charge in [0.15, 0.2) is 0 Å².